The molecule has 116 valence electrons. The van der Waals surface area contributed by atoms with Gasteiger partial charge in [-0.1, -0.05) is 0 Å². The summed E-state index contributed by atoms with van der Waals surface area (Å²) >= 11 is 0. The highest BCUT2D eigenvalue weighted by molar-refractivity contribution is 7.89. The normalized spacial score (nSPS) is 12.5. The minimum atomic E-state index is -3.94. The van der Waals surface area contributed by atoms with E-state index >= 15 is 0 Å². The topological polar surface area (TPSA) is 119 Å². The van der Waals surface area contributed by atoms with E-state index in [0.29, 0.717) is 0 Å². The number of nitrogens with one attached hydrogen (secondary N) is 1. The Balaban J connectivity index is 2.77. The van der Waals surface area contributed by atoms with Crippen LogP contribution in [0.25, 0.3) is 0 Å². The van der Waals surface area contributed by atoms with Crippen LogP contribution in [0.4, 0.5) is 0 Å². The number of esters is 1. The number of sulfonamides is 1. The summed E-state index contributed by atoms with van der Waals surface area (Å²) in [5, 5.41) is 8.69. The number of aliphatic carboxylic acids is 1. The van der Waals surface area contributed by atoms with Crippen LogP contribution in [-0.4, -0.2) is 45.2 Å². The Morgan fingerprint density at radius 1 is 1.29 bits per heavy atom. The summed E-state index contributed by atoms with van der Waals surface area (Å²) in [6.07, 6.45) is 0. The molecule has 1 aromatic rings. The Bertz CT molecular complexity index is 609. The number of carboxylic acid groups (broad SMARTS) is 1. The van der Waals surface area contributed by atoms with Crippen LogP contribution >= 0.6 is 0 Å². The minimum Gasteiger partial charge on any atom is -0.482 e. The zero-order valence-electron chi connectivity index (χ0n) is 11.4. The highest BCUT2D eigenvalue weighted by Gasteiger charge is 2.21. The third-order valence-electron chi connectivity index (χ3n) is 2.42. The van der Waals surface area contributed by atoms with Crippen LogP contribution in [0.15, 0.2) is 29.2 Å². The van der Waals surface area contributed by atoms with Gasteiger partial charge in [-0.25, -0.2) is 13.2 Å². The SMILES string of the molecule is COC(=O)COc1ccc(S(=O)(=O)N[C@@H](C)C(=O)O)cc1. The summed E-state index contributed by atoms with van der Waals surface area (Å²) in [6, 6.07) is 3.93. The number of hydrogen-bond acceptors (Lipinski definition) is 6. The van der Waals surface area contributed by atoms with Crippen LogP contribution in [0.1, 0.15) is 6.92 Å². The van der Waals surface area contributed by atoms with Crippen LogP contribution in [0.5, 0.6) is 5.75 Å². The Morgan fingerprint density at radius 3 is 2.33 bits per heavy atom. The lowest BCUT2D eigenvalue weighted by Gasteiger charge is -2.11. The van der Waals surface area contributed by atoms with Gasteiger partial charge >= 0.3 is 11.9 Å². The van der Waals surface area contributed by atoms with Crippen molar-refractivity contribution < 1.29 is 32.6 Å². The highest BCUT2D eigenvalue weighted by atomic mass is 32.2. The number of carbonyl (C=O) groups excluding carboxylic acids is 1. The molecule has 0 aliphatic rings. The molecular weight excluding hydrogens is 302 g/mol. The third kappa shape index (κ3) is 5.04. The van der Waals surface area contributed by atoms with Crippen molar-refractivity contribution in [1.82, 2.24) is 4.72 Å². The van der Waals surface area contributed by atoms with Gasteiger partial charge in [-0.2, -0.15) is 4.72 Å². The first-order chi connectivity index (χ1) is 9.76. The molecule has 0 saturated carbocycles. The number of rotatable bonds is 7. The lowest BCUT2D eigenvalue weighted by molar-refractivity contribution is -0.143. The van der Waals surface area contributed by atoms with E-state index in [1.54, 1.807) is 0 Å². The van der Waals surface area contributed by atoms with E-state index in [1.165, 1.54) is 38.3 Å². The molecule has 0 aliphatic heterocycles. The predicted molar refractivity (Wildman–Crippen MR) is 71.4 cm³/mol. The van der Waals surface area contributed by atoms with E-state index in [4.69, 9.17) is 9.84 Å². The first kappa shape index (κ1) is 16.9. The first-order valence-corrected chi connectivity index (χ1v) is 7.29. The van der Waals surface area contributed by atoms with E-state index in [0.717, 1.165) is 0 Å². The molecule has 8 nitrogen and oxygen atoms in total. The molecule has 2 N–H and O–H groups in total. The molecule has 0 radical (unpaired) electrons. The minimum absolute atomic E-state index is 0.110. The van der Waals surface area contributed by atoms with Crippen molar-refractivity contribution in [1.29, 1.82) is 0 Å². The second kappa shape index (κ2) is 7.04. The maximum Gasteiger partial charge on any atom is 0.343 e. The van der Waals surface area contributed by atoms with Crippen molar-refractivity contribution >= 4 is 22.0 Å². The molecule has 1 aromatic carbocycles. The average Bonchev–Trinajstić information content (AvgIpc) is 2.44. The second-order valence-corrected chi connectivity index (χ2v) is 5.73. The average molecular weight is 317 g/mol. The molecule has 0 fully saturated rings. The number of carboxylic acids is 1. The first-order valence-electron chi connectivity index (χ1n) is 5.81. The number of ether oxygens (including phenoxy) is 2. The molecule has 0 spiro atoms. The second-order valence-electron chi connectivity index (χ2n) is 4.02. The fraction of sp³-hybridized carbons (Fsp3) is 0.333. The Kier molecular flexibility index (Phi) is 5.68. The Labute approximate surface area is 121 Å². The van der Waals surface area contributed by atoms with Gasteiger partial charge in [0, 0.05) is 0 Å². The maximum absolute atomic E-state index is 11.9. The summed E-state index contributed by atoms with van der Waals surface area (Å²) in [6.45, 7) is 0.921. The quantitative estimate of drug-likeness (QED) is 0.679. The molecule has 0 bridgehead atoms. The van der Waals surface area contributed by atoms with Gasteiger partial charge < -0.3 is 14.6 Å². The molecule has 0 aromatic heterocycles. The van der Waals surface area contributed by atoms with Crippen molar-refractivity contribution in [3.63, 3.8) is 0 Å². The molecule has 0 amide bonds. The van der Waals surface area contributed by atoms with Crippen molar-refractivity contribution in [3.05, 3.63) is 24.3 Å². The zero-order valence-corrected chi connectivity index (χ0v) is 12.2. The van der Waals surface area contributed by atoms with Crippen molar-refractivity contribution in [2.24, 2.45) is 0 Å². The summed E-state index contributed by atoms with van der Waals surface area (Å²) in [5.41, 5.74) is 0. The molecule has 0 unspecified atom stereocenters. The predicted octanol–water partition coefficient (Wildman–Crippen LogP) is -0.0102. The molecule has 1 atom stereocenters. The molecule has 9 heteroatoms. The lowest BCUT2D eigenvalue weighted by atomic mass is 10.3. The molecule has 1 rings (SSSR count). The van der Waals surface area contributed by atoms with Crippen LogP contribution in [0, 0.1) is 0 Å². The van der Waals surface area contributed by atoms with Gasteiger partial charge in [-0.3, -0.25) is 4.79 Å². The fourth-order valence-electron chi connectivity index (χ4n) is 1.27. The van der Waals surface area contributed by atoms with Crippen LogP contribution in [-0.2, 0) is 24.3 Å². The van der Waals surface area contributed by atoms with Gasteiger partial charge in [0.2, 0.25) is 10.0 Å². The highest BCUT2D eigenvalue weighted by Crippen LogP contribution is 2.16. The van der Waals surface area contributed by atoms with Crippen LogP contribution < -0.4 is 9.46 Å². The number of carbonyl (C=O) groups is 2. The van der Waals surface area contributed by atoms with Gasteiger partial charge in [-0.15, -0.1) is 0 Å². The third-order valence-corrected chi connectivity index (χ3v) is 3.98. The van der Waals surface area contributed by atoms with Gasteiger partial charge in [0.15, 0.2) is 6.61 Å². The van der Waals surface area contributed by atoms with E-state index in [-0.39, 0.29) is 17.3 Å². The largest absolute Gasteiger partial charge is 0.482 e. The smallest absolute Gasteiger partial charge is 0.343 e. The fourth-order valence-corrected chi connectivity index (χ4v) is 2.46. The van der Waals surface area contributed by atoms with Gasteiger partial charge in [0.1, 0.15) is 11.8 Å². The molecule has 21 heavy (non-hydrogen) atoms. The summed E-state index contributed by atoms with van der Waals surface area (Å²) in [4.78, 5) is 21.4. The summed E-state index contributed by atoms with van der Waals surface area (Å²) < 4.78 is 35.2. The Morgan fingerprint density at radius 2 is 1.86 bits per heavy atom. The van der Waals surface area contributed by atoms with Crippen LogP contribution in [0.2, 0.25) is 0 Å². The summed E-state index contributed by atoms with van der Waals surface area (Å²) in [5.74, 6) is -1.56. The van der Waals surface area contributed by atoms with Gasteiger partial charge in [0.05, 0.1) is 12.0 Å². The van der Waals surface area contributed by atoms with Gasteiger partial charge in [0.25, 0.3) is 0 Å². The van der Waals surface area contributed by atoms with Crippen molar-refractivity contribution in [3.8, 4) is 5.75 Å². The molecule has 0 aliphatic carbocycles. The number of hydrogen-bond donors (Lipinski definition) is 2. The van der Waals surface area contributed by atoms with Crippen molar-refractivity contribution in [2.75, 3.05) is 13.7 Å². The van der Waals surface area contributed by atoms with E-state index in [2.05, 4.69) is 4.74 Å². The van der Waals surface area contributed by atoms with E-state index < -0.39 is 28.0 Å². The van der Waals surface area contributed by atoms with E-state index in [1.807, 2.05) is 4.72 Å². The number of methoxy groups -OCH3 is 1. The molecule has 0 saturated heterocycles. The standard InChI is InChI=1S/C12H15NO7S/c1-8(12(15)16)13-21(17,18)10-5-3-9(4-6-10)20-7-11(14)19-2/h3-6,8,13H,7H2,1-2H3,(H,15,16)/t8-/m0/s1. The monoisotopic (exact) mass is 317 g/mol. The van der Waals surface area contributed by atoms with E-state index in [9.17, 15) is 18.0 Å². The molecule has 0 heterocycles. The Hall–Kier alpha value is -2.13. The maximum atomic E-state index is 11.9. The zero-order chi connectivity index (χ0) is 16.0. The molecular formula is C12H15NO7S. The van der Waals surface area contributed by atoms with Gasteiger partial charge in [-0.05, 0) is 31.2 Å². The lowest BCUT2D eigenvalue weighted by Crippen LogP contribution is -2.38. The van der Waals surface area contributed by atoms with Crippen molar-refractivity contribution in [2.45, 2.75) is 17.9 Å². The summed E-state index contributed by atoms with van der Waals surface area (Å²) in [7, 11) is -2.72. The van der Waals surface area contributed by atoms with Crippen LogP contribution in [0.3, 0.4) is 0 Å². The number of benzene rings is 1.